The Hall–Kier alpha value is -1.49. The van der Waals surface area contributed by atoms with E-state index in [1.807, 2.05) is 0 Å². The number of nitrogens with zero attached hydrogens (tertiary/aromatic N) is 1. The smallest absolute Gasteiger partial charge is 0.229 e. The third kappa shape index (κ3) is 2.77. The number of carbonyl (C=O) groups excluding carboxylic acids is 1. The summed E-state index contributed by atoms with van der Waals surface area (Å²) in [5, 5.41) is 2.46. The number of rotatable bonds is 3. The van der Waals surface area contributed by atoms with Crippen molar-refractivity contribution in [2.75, 3.05) is 11.9 Å². The summed E-state index contributed by atoms with van der Waals surface area (Å²) >= 11 is 0. The van der Waals surface area contributed by atoms with E-state index in [-0.39, 0.29) is 24.2 Å². The van der Waals surface area contributed by atoms with Crippen molar-refractivity contribution in [3.8, 4) is 0 Å². The molecule has 0 spiro atoms. The summed E-state index contributed by atoms with van der Waals surface area (Å²) < 4.78 is 12.6. The second-order valence-electron chi connectivity index (χ2n) is 2.97. The Morgan fingerprint density at radius 3 is 3.00 bits per heavy atom. The first-order valence-electron chi connectivity index (χ1n) is 4.27. The van der Waals surface area contributed by atoms with Gasteiger partial charge in [-0.2, -0.15) is 4.39 Å². The number of amides is 1. The SMILES string of the molecule is CC(CN)C(=O)Nc1cccc(F)n1. The first-order chi connectivity index (χ1) is 6.63. The van der Waals surface area contributed by atoms with Crippen LogP contribution in [-0.2, 0) is 4.79 Å². The first-order valence-corrected chi connectivity index (χ1v) is 4.27. The third-order valence-corrected chi connectivity index (χ3v) is 1.77. The van der Waals surface area contributed by atoms with Gasteiger partial charge in [-0.05, 0) is 12.1 Å². The predicted octanol–water partition coefficient (Wildman–Crippen LogP) is 0.754. The van der Waals surface area contributed by atoms with E-state index in [9.17, 15) is 9.18 Å². The van der Waals surface area contributed by atoms with Crippen LogP contribution in [0.25, 0.3) is 0 Å². The van der Waals surface area contributed by atoms with E-state index in [1.165, 1.54) is 18.2 Å². The number of nitrogens with one attached hydrogen (secondary N) is 1. The minimum absolute atomic E-state index is 0.204. The van der Waals surface area contributed by atoms with E-state index in [1.54, 1.807) is 6.92 Å². The number of halogens is 1. The third-order valence-electron chi connectivity index (χ3n) is 1.77. The Kier molecular flexibility index (Phi) is 3.53. The standard InChI is InChI=1S/C9H12FN3O/c1-6(5-11)9(14)13-8-4-2-3-7(10)12-8/h2-4,6H,5,11H2,1H3,(H,12,13,14). The maximum Gasteiger partial charge on any atom is 0.229 e. The van der Waals surface area contributed by atoms with E-state index >= 15 is 0 Å². The normalized spacial score (nSPS) is 12.2. The van der Waals surface area contributed by atoms with Crippen LogP contribution in [0.5, 0.6) is 0 Å². The van der Waals surface area contributed by atoms with Crippen LogP contribution in [0.15, 0.2) is 18.2 Å². The fraction of sp³-hybridized carbons (Fsp3) is 0.333. The molecule has 1 aromatic rings. The van der Waals surface area contributed by atoms with E-state index in [4.69, 9.17) is 5.73 Å². The number of nitrogens with two attached hydrogens (primary N) is 1. The molecule has 0 aromatic carbocycles. The molecule has 0 fully saturated rings. The van der Waals surface area contributed by atoms with Gasteiger partial charge in [0.25, 0.3) is 0 Å². The van der Waals surface area contributed by atoms with Gasteiger partial charge in [0.2, 0.25) is 11.9 Å². The molecule has 76 valence electrons. The number of carbonyl (C=O) groups is 1. The van der Waals surface area contributed by atoms with Crippen LogP contribution in [0.1, 0.15) is 6.92 Å². The topological polar surface area (TPSA) is 68.0 Å². The summed E-state index contributed by atoms with van der Waals surface area (Å²) in [7, 11) is 0. The molecule has 1 atom stereocenters. The highest BCUT2D eigenvalue weighted by Crippen LogP contribution is 2.05. The lowest BCUT2D eigenvalue weighted by Gasteiger charge is -2.08. The molecule has 0 saturated carbocycles. The molecule has 5 heteroatoms. The summed E-state index contributed by atoms with van der Waals surface area (Å²) in [4.78, 5) is 14.8. The van der Waals surface area contributed by atoms with Crippen molar-refractivity contribution in [2.24, 2.45) is 11.7 Å². The average molecular weight is 197 g/mol. The highest BCUT2D eigenvalue weighted by atomic mass is 19.1. The molecule has 0 radical (unpaired) electrons. The van der Waals surface area contributed by atoms with Crippen molar-refractivity contribution in [1.82, 2.24) is 4.98 Å². The van der Waals surface area contributed by atoms with Crippen LogP contribution in [0, 0.1) is 11.9 Å². The van der Waals surface area contributed by atoms with Gasteiger partial charge in [-0.1, -0.05) is 13.0 Å². The molecule has 1 heterocycles. The number of hydrogen-bond acceptors (Lipinski definition) is 3. The second-order valence-corrected chi connectivity index (χ2v) is 2.97. The van der Waals surface area contributed by atoms with Gasteiger partial charge in [0.05, 0.1) is 0 Å². The van der Waals surface area contributed by atoms with E-state index in [2.05, 4.69) is 10.3 Å². The lowest BCUT2D eigenvalue weighted by molar-refractivity contribution is -0.119. The van der Waals surface area contributed by atoms with Gasteiger partial charge < -0.3 is 11.1 Å². The molecule has 0 aliphatic carbocycles. The van der Waals surface area contributed by atoms with E-state index in [0.717, 1.165) is 0 Å². The molecular weight excluding hydrogens is 185 g/mol. The maximum atomic E-state index is 12.6. The monoisotopic (exact) mass is 197 g/mol. The Morgan fingerprint density at radius 2 is 2.43 bits per heavy atom. The molecule has 1 amide bonds. The first kappa shape index (κ1) is 10.6. The highest BCUT2D eigenvalue weighted by molar-refractivity contribution is 5.91. The van der Waals surface area contributed by atoms with Crippen molar-refractivity contribution < 1.29 is 9.18 Å². The Bertz CT molecular complexity index is 330. The van der Waals surface area contributed by atoms with Crippen molar-refractivity contribution in [1.29, 1.82) is 0 Å². The molecule has 3 N–H and O–H groups in total. The Labute approximate surface area is 81.3 Å². The number of anilines is 1. The van der Waals surface area contributed by atoms with Crippen LogP contribution >= 0.6 is 0 Å². The number of hydrogen-bond donors (Lipinski definition) is 2. The van der Waals surface area contributed by atoms with Gasteiger partial charge >= 0.3 is 0 Å². The zero-order chi connectivity index (χ0) is 10.6. The van der Waals surface area contributed by atoms with Crippen molar-refractivity contribution in [3.63, 3.8) is 0 Å². The molecule has 0 aliphatic heterocycles. The summed E-state index contributed by atoms with van der Waals surface area (Å²) in [5.41, 5.74) is 5.30. The van der Waals surface area contributed by atoms with Gasteiger partial charge in [0.15, 0.2) is 0 Å². The van der Waals surface area contributed by atoms with Crippen LogP contribution < -0.4 is 11.1 Å². The van der Waals surface area contributed by atoms with E-state index < -0.39 is 5.95 Å². The average Bonchev–Trinajstić information content (AvgIpc) is 2.16. The Morgan fingerprint density at radius 1 is 1.71 bits per heavy atom. The molecular formula is C9H12FN3O. The highest BCUT2D eigenvalue weighted by Gasteiger charge is 2.11. The van der Waals surface area contributed by atoms with Gasteiger partial charge in [-0.25, -0.2) is 4.98 Å². The molecule has 1 rings (SSSR count). The van der Waals surface area contributed by atoms with Crippen molar-refractivity contribution in [2.45, 2.75) is 6.92 Å². The van der Waals surface area contributed by atoms with Gasteiger partial charge in [0, 0.05) is 12.5 Å². The van der Waals surface area contributed by atoms with Crippen LogP contribution in [0.3, 0.4) is 0 Å². The van der Waals surface area contributed by atoms with Crippen LogP contribution in [0.2, 0.25) is 0 Å². The van der Waals surface area contributed by atoms with Gasteiger partial charge in [-0.3, -0.25) is 4.79 Å². The fourth-order valence-corrected chi connectivity index (χ4v) is 0.834. The van der Waals surface area contributed by atoms with Crippen LogP contribution in [0.4, 0.5) is 10.2 Å². The molecule has 0 saturated heterocycles. The summed E-state index contributed by atoms with van der Waals surface area (Å²) in [6, 6.07) is 4.21. The van der Waals surface area contributed by atoms with Gasteiger partial charge in [-0.15, -0.1) is 0 Å². The van der Waals surface area contributed by atoms with E-state index in [0.29, 0.717) is 0 Å². The van der Waals surface area contributed by atoms with Crippen molar-refractivity contribution >= 4 is 11.7 Å². The molecule has 0 aliphatic rings. The largest absolute Gasteiger partial charge is 0.330 e. The lowest BCUT2D eigenvalue weighted by atomic mass is 10.2. The molecule has 1 aromatic heterocycles. The number of pyridine rings is 1. The molecule has 0 bridgehead atoms. The maximum absolute atomic E-state index is 12.6. The minimum Gasteiger partial charge on any atom is -0.330 e. The van der Waals surface area contributed by atoms with Crippen LogP contribution in [-0.4, -0.2) is 17.4 Å². The number of aromatic nitrogens is 1. The lowest BCUT2D eigenvalue weighted by Crippen LogP contribution is -2.27. The zero-order valence-corrected chi connectivity index (χ0v) is 7.83. The quantitative estimate of drug-likeness (QED) is 0.703. The zero-order valence-electron chi connectivity index (χ0n) is 7.83. The molecule has 14 heavy (non-hydrogen) atoms. The van der Waals surface area contributed by atoms with Gasteiger partial charge in [0.1, 0.15) is 5.82 Å². The molecule has 1 unspecified atom stereocenters. The summed E-state index contributed by atoms with van der Waals surface area (Å²) in [5.74, 6) is -0.982. The minimum atomic E-state index is -0.622. The molecule has 4 nitrogen and oxygen atoms in total. The Balaban J connectivity index is 2.65. The second kappa shape index (κ2) is 4.66. The predicted molar refractivity (Wildman–Crippen MR) is 51.0 cm³/mol. The van der Waals surface area contributed by atoms with Crippen molar-refractivity contribution in [3.05, 3.63) is 24.1 Å². The summed E-state index contributed by atoms with van der Waals surface area (Å²) in [6.45, 7) is 1.94. The fourth-order valence-electron chi connectivity index (χ4n) is 0.834. The summed E-state index contributed by atoms with van der Waals surface area (Å²) in [6.07, 6.45) is 0.